The molecule has 0 spiro atoms. The van der Waals surface area contributed by atoms with Gasteiger partial charge in [-0.05, 0) is 25.8 Å². The lowest BCUT2D eigenvalue weighted by molar-refractivity contribution is 0.0954. The number of rotatable bonds is 6. The van der Waals surface area contributed by atoms with Crippen molar-refractivity contribution in [1.82, 2.24) is 10.3 Å². The van der Waals surface area contributed by atoms with E-state index in [-0.39, 0.29) is 5.91 Å². The summed E-state index contributed by atoms with van der Waals surface area (Å²) in [6.07, 6.45) is 2.38. The molecule has 2 N–H and O–H groups in total. The third-order valence-corrected chi connectivity index (χ3v) is 4.63. The molecule has 2 aromatic rings. The molecule has 1 aliphatic rings. The van der Waals surface area contributed by atoms with Gasteiger partial charge in [-0.1, -0.05) is 29.5 Å². The second-order valence-corrected chi connectivity index (χ2v) is 6.35. The first-order valence-electron chi connectivity index (χ1n) is 7.31. The maximum atomic E-state index is 12.3. The lowest BCUT2D eigenvalue weighted by Gasteiger charge is -2.09. The predicted octanol–water partition coefficient (Wildman–Crippen LogP) is 2.96. The van der Waals surface area contributed by atoms with E-state index in [1.54, 1.807) is 7.11 Å². The largest absolute Gasteiger partial charge is 0.496 e. The molecular weight excluding hydrogens is 298 g/mol. The Morgan fingerprint density at radius 3 is 2.91 bits per heavy atom. The van der Waals surface area contributed by atoms with Gasteiger partial charge in [0.25, 0.3) is 5.91 Å². The third-order valence-electron chi connectivity index (χ3n) is 3.54. The van der Waals surface area contributed by atoms with Gasteiger partial charge < -0.3 is 15.4 Å². The second kappa shape index (κ2) is 6.36. The first-order chi connectivity index (χ1) is 10.7. The van der Waals surface area contributed by atoms with Gasteiger partial charge in [0.05, 0.1) is 12.8 Å². The minimum atomic E-state index is -0.0928. The SMILES string of the molecule is COc1ccccc1CNC(=O)c1sc(NC2CC2)nc1C. The lowest BCUT2D eigenvalue weighted by atomic mass is 10.2. The van der Waals surface area contributed by atoms with Crippen molar-refractivity contribution < 1.29 is 9.53 Å². The van der Waals surface area contributed by atoms with Crippen molar-refractivity contribution in [3.8, 4) is 5.75 Å². The third kappa shape index (κ3) is 3.39. The van der Waals surface area contributed by atoms with Crippen LogP contribution in [-0.4, -0.2) is 24.0 Å². The summed E-state index contributed by atoms with van der Waals surface area (Å²) in [6.45, 7) is 2.30. The number of methoxy groups -OCH3 is 1. The average Bonchev–Trinajstić information content (AvgIpc) is 3.26. The normalized spacial score (nSPS) is 13.7. The number of hydrogen-bond acceptors (Lipinski definition) is 5. The number of amides is 1. The lowest BCUT2D eigenvalue weighted by Crippen LogP contribution is -2.22. The van der Waals surface area contributed by atoms with Gasteiger partial charge in [-0.2, -0.15) is 0 Å². The van der Waals surface area contributed by atoms with Crippen LogP contribution in [0.25, 0.3) is 0 Å². The van der Waals surface area contributed by atoms with E-state index in [2.05, 4.69) is 15.6 Å². The molecule has 0 unspecified atom stereocenters. The van der Waals surface area contributed by atoms with Gasteiger partial charge in [-0.3, -0.25) is 4.79 Å². The molecule has 1 amide bonds. The van der Waals surface area contributed by atoms with E-state index < -0.39 is 0 Å². The smallest absolute Gasteiger partial charge is 0.263 e. The molecule has 0 radical (unpaired) electrons. The van der Waals surface area contributed by atoms with Gasteiger partial charge >= 0.3 is 0 Å². The van der Waals surface area contributed by atoms with Crippen LogP contribution in [-0.2, 0) is 6.54 Å². The average molecular weight is 317 g/mol. The van der Waals surface area contributed by atoms with E-state index >= 15 is 0 Å². The van der Waals surface area contributed by atoms with E-state index in [0.717, 1.165) is 22.1 Å². The van der Waals surface area contributed by atoms with E-state index in [0.29, 0.717) is 17.5 Å². The quantitative estimate of drug-likeness (QED) is 0.860. The summed E-state index contributed by atoms with van der Waals surface area (Å²) in [5.41, 5.74) is 1.72. The van der Waals surface area contributed by atoms with Gasteiger partial charge in [-0.15, -0.1) is 0 Å². The van der Waals surface area contributed by atoms with Crippen LogP contribution < -0.4 is 15.4 Å². The van der Waals surface area contributed by atoms with Crippen LogP contribution in [0.3, 0.4) is 0 Å². The summed E-state index contributed by atoms with van der Waals surface area (Å²) in [5.74, 6) is 0.685. The molecular formula is C16H19N3O2S. The number of aryl methyl sites for hydroxylation is 1. The maximum Gasteiger partial charge on any atom is 0.263 e. The number of anilines is 1. The zero-order valence-corrected chi connectivity index (χ0v) is 13.5. The second-order valence-electron chi connectivity index (χ2n) is 5.35. The fourth-order valence-electron chi connectivity index (χ4n) is 2.18. The number of thiazole rings is 1. The molecule has 6 heteroatoms. The number of carbonyl (C=O) groups is 1. The summed E-state index contributed by atoms with van der Waals surface area (Å²) in [6, 6.07) is 8.21. The Morgan fingerprint density at radius 1 is 1.41 bits per heavy atom. The van der Waals surface area contributed by atoms with Gasteiger partial charge in [0.1, 0.15) is 10.6 Å². The van der Waals surface area contributed by atoms with Crippen LogP contribution in [0.1, 0.15) is 33.8 Å². The van der Waals surface area contributed by atoms with Gasteiger partial charge in [0.15, 0.2) is 5.13 Å². The van der Waals surface area contributed by atoms with E-state index in [1.807, 2.05) is 31.2 Å². The highest BCUT2D eigenvalue weighted by Crippen LogP contribution is 2.29. The fraction of sp³-hybridized carbons (Fsp3) is 0.375. The molecule has 1 aromatic carbocycles. The molecule has 1 heterocycles. The monoisotopic (exact) mass is 317 g/mol. The number of benzene rings is 1. The Balaban J connectivity index is 1.65. The topological polar surface area (TPSA) is 63.2 Å². The molecule has 22 heavy (non-hydrogen) atoms. The van der Waals surface area contributed by atoms with Gasteiger partial charge in [0.2, 0.25) is 0 Å². The Bertz CT molecular complexity index is 680. The molecule has 1 saturated carbocycles. The van der Waals surface area contributed by atoms with E-state index in [9.17, 15) is 4.79 Å². The van der Waals surface area contributed by atoms with Gasteiger partial charge in [-0.25, -0.2) is 4.98 Å². The highest BCUT2D eigenvalue weighted by Gasteiger charge is 2.23. The molecule has 5 nitrogen and oxygen atoms in total. The number of para-hydroxylation sites is 1. The fourth-order valence-corrected chi connectivity index (χ4v) is 3.14. The standard InChI is InChI=1S/C16H19N3O2S/c1-10-14(22-16(18-10)19-12-7-8-12)15(20)17-9-11-5-3-4-6-13(11)21-2/h3-6,12H,7-9H2,1-2H3,(H,17,20)(H,18,19). The molecule has 0 bridgehead atoms. The zero-order valence-electron chi connectivity index (χ0n) is 12.7. The molecule has 116 valence electrons. The first-order valence-corrected chi connectivity index (χ1v) is 8.13. The number of aromatic nitrogens is 1. The number of ether oxygens (including phenoxy) is 1. The van der Waals surface area contributed by atoms with Crippen LogP contribution >= 0.6 is 11.3 Å². The Hall–Kier alpha value is -2.08. The van der Waals surface area contributed by atoms with Crippen molar-refractivity contribution in [3.05, 3.63) is 40.4 Å². The van der Waals surface area contributed by atoms with Crippen LogP contribution in [0, 0.1) is 6.92 Å². The number of hydrogen-bond donors (Lipinski definition) is 2. The molecule has 1 fully saturated rings. The summed E-state index contributed by atoms with van der Waals surface area (Å²) in [4.78, 5) is 17.4. The molecule has 1 aromatic heterocycles. The van der Waals surface area contributed by atoms with Crippen LogP contribution in [0.5, 0.6) is 5.75 Å². The summed E-state index contributed by atoms with van der Waals surface area (Å²) >= 11 is 1.42. The highest BCUT2D eigenvalue weighted by atomic mass is 32.1. The van der Waals surface area contributed by atoms with Crippen molar-refractivity contribution in [1.29, 1.82) is 0 Å². The minimum absolute atomic E-state index is 0.0928. The van der Waals surface area contributed by atoms with Crippen molar-refractivity contribution in [3.63, 3.8) is 0 Å². The van der Waals surface area contributed by atoms with Crippen molar-refractivity contribution >= 4 is 22.4 Å². The Kier molecular flexibility index (Phi) is 4.29. The number of nitrogens with zero attached hydrogens (tertiary/aromatic N) is 1. The maximum absolute atomic E-state index is 12.3. The summed E-state index contributed by atoms with van der Waals surface area (Å²) in [5, 5.41) is 7.10. The van der Waals surface area contributed by atoms with E-state index in [4.69, 9.17) is 4.74 Å². The van der Waals surface area contributed by atoms with Crippen molar-refractivity contribution in [2.75, 3.05) is 12.4 Å². The molecule has 0 aliphatic heterocycles. The van der Waals surface area contributed by atoms with Crippen molar-refractivity contribution in [2.45, 2.75) is 32.4 Å². The number of carbonyl (C=O) groups excluding carboxylic acids is 1. The summed E-state index contributed by atoms with van der Waals surface area (Å²) < 4.78 is 5.29. The predicted molar refractivity (Wildman–Crippen MR) is 87.7 cm³/mol. The van der Waals surface area contributed by atoms with Crippen LogP contribution in [0.4, 0.5) is 5.13 Å². The highest BCUT2D eigenvalue weighted by molar-refractivity contribution is 7.17. The van der Waals surface area contributed by atoms with Crippen LogP contribution in [0.2, 0.25) is 0 Å². The van der Waals surface area contributed by atoms with Crippen LogP contribution in [0.15, 0.2) is 24.3 Å². The molecule has 1 aliphatic carbocycles. The van der Waals surface area contributed by atoms with Gasteiger partial charge in [0, 0.05) is 18.2 Å². The minimum Gasteiger partial charge on any atom is -0.496 e. The number of nitrogens with one attached hydrogen (secondary N) is 2. The molecule has 0 saturated heterocycles. The molecule has 0 atom stereocenters. The van der Waals surface area contributed by atoms with E-state index in [1.165, 1.54) is 24.2 Å². The molecule has 3 rings (SSSR count). The summed E-state index contributed by atoms with van der Waals surface area (Å²) in [7, 11) is 1.63. The zero-order chi connectivity index (χ0) is 15.5. The Labute approximate surface area is 133 Å². The van der Waals surface area contributed by atoms with Crippen molar-refractivity contribution in [2.24, 2.45) is 0 Å². The Morgan fingerprint density at radius 2 is 2.18 bits per heavy atom. The first kappa shape index (κ1) is 14.8.